The zero-order valence-corrected chi connectivity index (χ0v) is 17.3. The topological polar surface area (TPSA) is 50.5 Å². The van der Waals surface area contributed by atoms with Gasteiger partial charge in [-0.1, -0.05) is 36.4 Å². The molecule has 0 atom stereocenters. The van der Waals surface area contributed by atoms with Gasteiger partial charge in [-0.05, 0) is 61.5 Å². The molecule has 5 rings (SSSR count). The van der Waals surface area contributed by atoms with Gasteiger partial charge in [-0.2, -0.15) is 15.2 Å². The van der Waals surface area contributed by atoms with E-state index in [1.54, 1.807) is 22.9 Å². The van der Waals surface area contributed by atoms with Crippen LogP contribution in [-0.2, 0) is 4.79 Å². The van der Waals surface area contributed by atoms with Gasteiger partial charge in [0.15, 0.2) is 0 Å². The fourth-order valence-electron chi connectivity index (χ4n) is 3.62. The summed E-state index contributed by atoms with van der Waals surface area (Å²) in [5.41, 5.74) is 4.86. The maximum atomic E-state index is 13.5. The van der Waals surface area contributed by atoms with E-state index < -0.39 is 0 Å². The van der Waals surface area contributed by atoms with Crippen LogP contribution in [0.3, 0.4) is 0 Å². The number of hydrogen-bond donors (Lipinski definition) is 0. The third kappa shape index (κ3) is 3.63. The molecule has 1 aromatic heterocycles. The van der Waals surface area contributed by atoms with Gasteiger partial charge in [0.25, 0.3) is 5.91 Å². The Morgan fingerprint density at radius 1 is 0.844 bits per heavy atom. The van der Waals surface area contributed by atoms with Crippen LogP contribution in [0.15, 0.2) is 102 Å². The predicted molar refractivity (Wildman–Crippen MR) is 124 cm³/mol. The van der Waals surface area contributed by atoms with Gasteiger partial charge in [0.1, 0.15) is 5.82 Å². The monoisotopic (exact) mass is 422 g/mol. The molecule has 32 heavy (non-hydrogen) atoms. The molecular weight excluding hydrogens is 403 g/mol. The fourth-order valence-corrected chi connectivity index (χ4v) is 3.62. The Balaban J connectivity index is 1.60. The highest BCUT2D eigenvalue weighted by Crippen LogP contribution is 2.29. The average molecular weight is 422 g/mol. The number of carbonyl (C=O) groups excluding carboxylic acids is 1. The van der Waals surface area contributed by atoms with E-state index in [1.807, 2.05) is 73.8 Å². The van der Waals surface area contributed by atoms with Crippen LogP contribution >= 0.6 is 0 Å². The van der Waals surface area contributed by atoms with Crippen LogP contribution in [0.5, 0.6) is 0 Å². The quantitative estimate of drug-likeness (QED) is 0.409. The molecule has 0 N–H and O–H groups in total. The molecule has 3 aromatic carbocycles. The highest BCUT2D eigenvalue weighted by molar-refractivity contribution is 6.32. The van der Waals surface area contributed by atoms with Crippen LogP contribution < -0.4 is 5.01 Å². The van der Waals surface area contributed by atoms with Gasteiger partial charge in [0.05, 0.1) is 28.4 Å². The molecule has 0 radical (unpaired) electrons. The summed E-state index contributed by atoms with van der Waals surface area (Å²) < 4.78 is 15.3. The largest absolute Gasteiger partial charge is 0.280 e. The third-order valence-electron chi connectivity index (χ3n) is 5.24. The Kier molecular flexibility index (Phi) is 4.95. The summed E-state index contributed by atoms with van der Waals surface area (Å²) in [6.07, 6.45) is 3.67. The molecule has 0 saturated heterocycles. The van der Waals surface area contributed by atoms with Crippen LogP contribution in [0.4, 0.5) is 10.1 Å². The molecule has 0 saturated carbocycles. The Morgan fingerprint density at radius 2 is 1.47 bits per heavy atom. The second kappa shape index (κ2) is 8.07. The summed E-state index contributed by atoms with van der Waals surface area (Å²) in [6.45, 7) is 1.81. The van der Waals surface area contributed by atoms with Crippen molar-refractivity contribution in [2.75, 3.05) is 5.01 Å². The number of amides is 1. The summed E-state index contributed by atoms with van der Waals surface area (Å²) in [5, 5.41) is 10.6. The van der Waals surface area contributed by atoms with Crippen molar-refractivity contribution in [1.82, 2.24) is 9.78 Å². The van der Waals surface area contributed by atoms with E-state index in [-0.39, 0.29) is 11.7 Å². The van der Waals surface area contributed by atoms with Crippen molar-refractivity contribution in [3.05, 3.63) is 108 Å². The lowest BCUT2D eigenvalue weighted by molar-refractivity contribution is -0.114. The molecule has 2 heterocycles. The van der Waals surface area contributed by atoms with Crippen LogP contribution in [0.25, 0.3) is 23.0 Å². The molecule has 0 spiro atoms. The van der Waals surface area contributed by atoms with Crippen LogP contribution in [-0.4, -0.2) is 21.4 Å². The first-order valence-corrected chi connectivity index (χ1v) is 10.2. The minimum atomic E-state index is -0.316. The van der Waals surface area contributed by atoms with Gasteiger partial charge >= 0.3 is 0 Å². The van der Waals surface area contributed by atoms with E-state index in [9.17, 15) is 9.18 Å². The Labute approximate surface area is 184 Å². The summed E-state index contributed by atoms with van der Waals surface area (Å²) in [7, 11) is 0. The lowest BCUT2D eigenvalue weighted by Gasteiger charge is -2.11. The first kappa shape index (κ1) is 19.6. The number of para-hydroxylation sites is 2. The highest BCUT2D eigenvalue weighted by atomic mass is 19.1. The zero-order valence-electron chi connectivity index (χ0n) is 17.3. The lowest BCUT2D eigenvalue weighted by atomic mass is 10.0. The van der Waals surface area contributed by atoms with E-state index in [0.29, 0.717) is 22.7 Å². The molecule has 4 aromatic rings. The number of nitrogens with zero attached hydrogens (tertiary/aromatic N) is 4. The summed E-state index contributed by atoms with van der Waals surface area (Å²) in [4.78, 5) is 13.2. The van der Waals surface area contributed by atoms with Crippen LogP contribution in [0, 0.1) is 5.82 Å². The minimum absolute atomic E-state index is 0.203. The number of aromatic nitrogens is 2. The maximum Gasteiger partial charge on any atom is 0.280 e. The zero-order chi connectivity index (χ0) is 22.1. The minimum Gasteiger partial charge on any atom is -0.267 e. The first-order chi connectivity index (χ1) is 15.6. The van der Waals surface area contributed by atoms with Crippen molar-refractivity contribution in [1.29, 1.82) is 0 Å². The summed E-state index contributed by atoms with van der Waals surface area (Å²) >= 11 is 0. The second-order valence-electron chi connectivity index (χ2n) is 7.42. The Hall–Kier alpha value is -4.32. The van der Waals surface area contributed by atoms with Crippen molar-refractivity contribution in [3.8, 4) is 16.9 Å². The standard InChI is InChI=1S/C26H19FN4O/c1-18-24(26(32)31(28-18)23-10-6-3-7-11-23)16-20-17-30(22-8-4-2-5-9-22)29-25(20)19-12-14-21(27)15-13-19/h2-17H,1H3/b24-16-. The van der Waals surface area contributed by atoms with Crippen molar-refractivity contribution >= 4 is 23.4 Å². The van der Waals surface area contributed by atoms with Gasteiger partial charge in [-0.25, -0.2) is 9.07 Å². The van der Waals surface area contributed by atoms with Crippen molar-refractivity contribution < 1.29 is 9.18 Å². The molecule has 6 heteroatoms. The van der Waals surface area contributed by atoms with Crippen LogP contribution in [0.2, 0.25) is 0 Å². The molecule has 1 aliphatic rings. The average Bonchev–Trinajstić information content (AvgIpc) is 3.37. The number of hydrazone groups is 1. The number of carbonyl (C=O) groups is 1. The molecule has 1 aliphatic heterocycles. The molecule has 0 aliphatic carbocycles. The van der Waals surface area contributed by atoms with Crippen molar-refractivity contribution in [2.24, 2.45) is 5.10 Å². The molecule has 5 nitrogen and oxygen atoms in total. The molecular formula is C26H19FN4O. The van der Waals surface area contributed by atoms with E-state index in [1.165, 1.54) is 17.1 Å². The van der Waals surface area contributed by atoms with Crippen molar-refractivity contribution in [2.45, 2.75) is 6.92 Å². The van der Waals surface area contributed by atoms with Crippen molar-refractivity contribution in [3.63, 3.8) is 0 Å². The molecule has 0 unspecified atom stereocenters. The number of benzene rings is 3. The smallest absolute Gasteiger partial charge is 0.267 e. The normalized spacial score (nSPS) is 14.8. The van der Waals surface area contributed by atoms with E-state index >= 15 is 0 Å². The van der Waals surface area contributed by atoms with E-state index in [4.69, 9.17) is 5.10 Å². The SMILES string of the molecule is CC1=NN(c2ccccc2)C(=O)/C1=C\c1cn(-c2ccccc2)nc1-c1ccc(F)cc1. The van der Waals surface area contributed by atoms with Gasteiger partial charge in [-0.15, -0.1) is 0 Å². The fraction of sp³-hybridized carbons (Fsp3) is 0.0385. The lowest BCUT2D eigenvalue weighted by Crippen LogP contribution is -2.21. The summed E-state index contributed by atoms with van der Waals surface area (Å²) in [6, 6.07) is 25.2. The number of hydrogen-bond acceptors (Lipinski definition) is 3. The van der Waals surface area contributed by atoms with Gasteiger partial charge in [0.2, 0.25) is 0 Å². The number of rotatable bonds is 4. The second-order valence-corrected chi connectivity index (χ2v) is 7.42. The van der Waals surface area contributed by atoms with Crippen LogP contribution in [0.1, 0.15) is 12.5 Å². The third-order valence-corrected chi connectivity index (χ3v) is 5.24. The Bertz CT molecular complexity index is 1340. The van der Waals surface area contributed by atoms with Gasteiger partial charge in [-0.3, -0.25) is 4.79 Å². The molecule has 1 amide bonds. The molecule has 0 fully saturated rings. The first-order valence-electron chi connectivity index (χ1n) is 10.2. The summed E-state index contributed by atoms with van der Waals surface area (Å²) in [5.74, 6) is -0.519. The number of halogens is 1. The highest BCUT2D eigenvalue weighted by Gasteiger charge is 2.29. The van der Waals surface area contributed by atoms with Gasteiger partial charge < -0.3 is 0 Å². The Morgan fingerprint density at radius 3 is 2.12 bits per heavy atom. The number of anilines is 1. The molecule has 156 valence electrons. The van der Waals surface area contributed by atoms with Gasteiger partial charge in [0, 0.05) is 17.3 Å². The van der Waals surface area contributed by atoms with E-state index in [0.717, 1.165) is 16.8 Å². The van der Waals surface area contributed by atoms with E-state index in [2.05, 4.69) is 5.10 Å². The maximum absolute atomic E-state index is 13.5. The molecule has 0 bridgehead atoms. The predicted octanol–water partition coefficient (Wildman–Crippen LogP) is 5.48.